The molecule has 2 unspecified atom stereocenters. The van der Waals surface area contributed by atoms with E-state index in [9.17, 15) is 14.4 Å². The van der Waals surface area contributed by atoms with Crippen molar-refractivity contribution in [3.05, 3.63) is 25.3 Å². The predicted molar refractivity (Wildman–Crippen MR) is 137 cm³/mol. The molecule has 3 aliphatic heterocycles. The lowest BCUT2D eigenvalue weighted by molar-refractivity contribution is -0.155. The third-order valence-corrected chi connectivity index (χ3v) is 7.85. The zero-order valence-corrected chi connectivity index (χ0v) is 21.9. The monoisotopic (exact) mass is 504 g/mol. The summed E-state index contributed by atoms with van der Waals surface area (Å²) < 4.78 is 12.1. The molecule has 3 saturated heterocycles. The highest BCUT2D eigenvalue weighted by molar-refractivity contribution is 5.98. The van der Waals surface area contributed by atoms with Gasteiger partial charge in [-0.1, -0.05) is 25.5 Å². The van der Waals surface area contributed by atoms with Gasteiger partial charge in [0.05, 0.1) is 24.5 Å². The van der Waals surface area contributed by atoms with Gasteiger partial charge in [0, 0.05) is 26.2 Å². The van der Waals surface area contributed by atoms with Crippen molar-refractivity contribution in [2.75, 3.05) is 32.8 Å². The van der Waals surface area contributed by atoms with E-state index >= 15 is 0 Å². The summed E-state index contributed by atoms with van der Waals surface area (Å²) in [6, 6.07) is -0.753. The van der Waals surface area contributed by atoms with E-state index in [-0.39, 0.29) is 24.4 Å². The molecule has 0 aromatic rings. The van der Waals surface area contributed by atoms with Crippen LogP contribution in [0.5, 0.6) is 0 Å². The number of aliphatic hydroxyl groups is 1. The Morgan fingerprint density at radius 2 is 2.00 bits per heavy atom. The van der Waals surface area contributed by atoms with Crippen LogP contribution in [0.2, 0.25) is 0 Å². The zero-order valence-electron chi connectivity index (χ0n) is 21.9. The fraction of sp³-hybridized carbons (Fsp3) is 0.750. The van der Waals surface area contributed by atoms with Crippen molar-refractivity contribution < 1.29 is 29.0 Å². The van der Waals surface area contributed by atoms with Crippen LogP contribution in [0.15, 0.2) is 25.3 Å². The van der Waals surface area contributed by atoms with Crippen molar-refractivity contribution in [2.24, 2.45) is 11.8 Å². The Hall–Kier alpha value is -2.19. The lowest BCUT2D eigenvalue weighted by atomic mass is 9.70. The average molecular weight is 505 g/mol. The maximum Gasteiger partial charge on any atom is 0.312 e. The largest absolute Gasteiger partial charge is 0.465 e. The Labute approximate surface area is 215 Å². The quantitative estimate of drug-likeness (QED) is 0.186. The smallest absolute Gasteiger partial charge is 0.312 e. The van der Waals surface area contributed by atoms with E-state index in [1.807, 2.05) is 6.08 Å². The van der Waals surface area contributed by atoms with Crippen LogP contribution in [0.3, 0.4) is 0 Å². The molecule has 3 fully saturated rings. The molecule has 0 aromatic carbocycles. The number of esters is 1. The van der Waals surface area contributed by atoms with E-state index < -0.39 is 29.6 Å². The second kappa shape index (κ2) is 13.4. The van der Waals surface area contributed by atoms with Gasteiger partial charge in [-0.2, -0.15) is 0 Å². The molecular formula is C28H44N2O6. The van der Waals surface area contributed by atoms with E-state index in [1.165, 1.54) is 0 Å². The zero-order chi connectivity index (χ0) is 26.1. The molecular weight excluding hydrogens is 460 g/mol. The number of nitrogens with zero attached hydrogens (tertiary/aromatic N) is 2. The maximum absolute atomic E-state index is 14.0. The summed E-state index contributed by atoms with van der Waals surface area (Å²) in [5, 5.41) is 9.17. The van der Waals surface area contributed by atoms with Crippen LogP contribution in [0.4, 0.5) is 0 Å². The van der Waals surface area contributed by atoms with Gasteiger partial charge < -0.3 is 24.4 Å². The standard InChI is InChI=1S/C28H44N2O6/c1-4-7-9-13-20-35-27(34)22-21-14-15-28(36-21)23(22)25(32)30(18-11-10-12-19-31)24(28)26(33)29(16-6-3)17-8-5-2/h4,6,21-24,31H,1,3,5,7-20H2,2H3/t21-,22+,23+,24?,28?/m1/s1. The number of amides is 2. The van der Waals surface area contributed by atoms with Gasteiger partial charge >= 0.3 is 5.97 Å². The summed E-state index contributed by atoms with van der Waals surface area (Å²) in [7, 11) is 0. The number of carbonyl (C=O) groups is 3. The number of fused-ring (bicyclic) bond motifs is 1. The highest BCUT2D eigenvalue weighted by Gasteiger charge is 2.74. The molecule has 3 heterocycles. The van der Waals surface area contributed by atoms with E-state index in [1.54, 1.807) is 15.9 Å². The van der Waals surface area contributed by atoms with E-state index in [2.05, 4.69) is 20.1 Å². The minimum absolute atomic E-state index is 0.0957. The van der Waals surface area contributed by atoms with E-state index in [4.69, 9.17) is 14.6 Å². The van der Waals surface area contributed by atoms with Crippen LogP contribution in [-0.2, 0) is 23.9 Å². The Kier molecular flexibility index (Phi) is 10.5. The lowest BCUT2D eigenvalue weighted by Gasteiger charge is -2.36. The lowest BCUT2D eigenvalue weighted by Crippen LogP contribution is -2.56. The van der Waals surface area contributed by atoms with Crippen LogP contribution in [0, 0.1) is 11.8 Å². The Morgan fingerprint density at radius 3 is 2.69 bits per heavy atom. The van der Waals surface area contributed by atoms with Gasteiger partial charge in [0.2, 0.25) is 11.8 Å². The van der Waals surface area contributed by atoms with Gasteiger partial charge in [-0.15, -0.1) is 13.2 Å². The van der Waals surface area contributed by atoms with Crippen molar-refractivity contribution in [1.29, 1.82) is 0 Å². The summed E-state index contributed by atoms with van der Waals surface area (Å²) >= 11 is 0. The second-order valence-corrected chi connectivity index (χ2v) is 10.3. The Bertz CT molecular complexity index is 801. The van der Waals surface area contributed by atoms with Crippen LogP contribution < -0.4 is 0 Å². The molecule has 8 nitrogen and oxygen atoms in total. The molecule has 202 valence electrons. The molecule has 1 N–H and O–H groups in total. The molecule has 0 saturated carbocycles. The number of unbranched alkanes of at least 4 members (excludes halogenated alkanes) is 5. The molecule has 0 aromatic heterocycles. The first-order chi connectivity index (χ1) is 17.5. The first-order valence-corrected chi connectivity index (χ1v) is 13.7. The van der Waals surface area contributed by atoms with Crippen LogP contribution in [0.25, 0.3) is 0 Å². The van der Waals surface area contributed by atoms with Gasteiger partial charge in [-0.3, -0.25) is 14.4 Å². The van der Waals surface area contributed by atoms with Crippen molar-refractivity contribution in [1.82, 2.24) is 9.80 Å². The molecule has 5 atom stereocenters. The van der Waals surface area contributed by atoms with Crippen LogP contribution >= 0.6 is 0 Å². The molecule has 1 spiro atoms. The summed E-state index contributed by atoms with van der Waals surface area (Å²) in [5.74, 6) is -2.06. The molecule has 0 radical (unpaired) electrons. The fourth-order valence-corrected chi connectivity index (χ4v) is 6.14. The Balaban J connectivity index is 1.84. The first kappa shape index (κ1) is 28.4. The van der Waals surface area contributed by atoms with Gasteiger partial charge in [0.25, 0.3) is 0 Å². The molecule has 2 bridgehead atoms. The fourth-order valence-electron chi connectivity index (χ4n) is 6.14. The third-order valence-electron chi connectivity index (χ3n) is 7.85. The topological polar surface area (TPSA) is 96.4 Å². The third kappa shape index (κ3) is 5.70. The molecule has 0 aliphatic carbocycles. The van der Waals surface area contributed by atoms with E-state index in [0.29, 0.717) is 51.9 Å². The van der Waals surface area contributed by atoms with Crippen molar-refractivity contribution in [3.8, 4) is 0 Å². The van der Waals surface area contributed by atoms with Gasteiger partial charge in [0.15, 0.2) is 0 Å². The second-order valence-electron chi connectivity index (χ2n) is 10.3. The Morgan fingerprint density at radius 1 is 1.19 bits per heavy atom. The number of rotatable bonds is 17. The number of carbonyl (C=O) groups excluding carboxylic acids is 3. The summed E-state index contributed by atoms with van der Waals surface area (Å²) in [5.41, 5.74) is -0.992. The summed E-state index contributed by atoms with van der Waals surface area (Å²) in [6.07, 6.45) is 10.8. The summed E-state index contributed by atoms with van der Waals surface area (Å²) in [6.45, 7) is 11.4. The van der Waals surface area contributed by atoms with Crippen molar-refractivity contribution >= 4 is 17.8 Å². The number of aliphatic hydroxyl groups excluding tert-OH is 1. The highest BCUT2D eigenvalue weighted by atomic mass is 16.6. The van der Waals surface area contributed by atoms with Crippen molar-refractivity contribution in [3.63, 3.8) is 0 Å². The number of likely N-dealkylation sites (tertiary alicyclic amines) is 1. The molecule has 2 amide bonds. The minimum Gasteiger partial charge on any atom is -0.465 e. The number of ether oxygens (including phenoxy) is 2. The molecule has 3 rings (SSSR count). The molecule has 3 aliphatic rings. The van der Waals surface area contributed by atoms with Gasteiger partial charge in [-0.25, -0.2) is 0 Å². The maximum atomic E-state index is 14.0. The van der Waals surface area contributed by atoms with Crippen LogP contribution in [-0.4, -0.2) is 83.3 Å². The predicted octanol–water partition coefficient (Wildman–Crippen LogP) is 3.24. The highest BCUT2D eigenvalue weighted by Crippen LogP contribution is 2.58. The number of hydrogen-bond acceptors (Lipinski definition) is 6. The summed E-state index contributed by atoms with van der Waals surface area (Å²) in [4.78, 5) is 44.5. The van der Waals surface area contributed by atoms with E-state index in [0.717, 1.165) is 38.5 Å². The average Bonchev–Trinajstić information content (AvgIpc) is 3.51. The first-order valence-electron chi connectivity index (χ1n) is 13.7. The number of allylic oxidation sites excluding steroid dienone is 1. The minimum atomic E-state index is -0.992. The normalized spacial score (nSPS) is 28.3. The molecule has 8 heteroatoms. The molecule has 36 heavy (non-hydrogen) atoms. The SMILES string of the molecule is C=CCCCCOC(=O)[C@@H]1[C@H]2C(=O)N(CCCCCO)C(C(=O)N(CC=C)CCCC)C23CC[C@H]1O3. The number of hydrogen-bond donors (Lipinski definition) is 1. The van der Waals surface area contributed by atoms with Gasteiger partial charge in [0.1, 0.15) is 11.6 Å². The van der Waals surface area contributed by atoms with Gasteiger partial charge in [-0.05, 0) is 57.8 Å². The van der Waals surface area contributed by atoms with Crippen LogP contribution in [0.1, 0.15) is 71.1 Å². The van der Waals surface area contributed by atoms with Crippen molar-refractivity contribution in [2.45, 2.75) is 88.9 Å².